The number of hydrogen-bond donors (Lipinski definition) is 0. The van der Waals surface area contributed by atoms with Gasteiger partial charge >= 0.3 is 0 Å². The summed E-state index contributed by atoms with van der Waals surface area (Å²) >= 11 is 0. The minimum atomic E-state index is -0.0287. The Morgan fingerprint density at radius 3 is 2.84 bits per heavy atom. The van der Waals surface area contributed by atoms with Gasteiger partial charge in [-0.25, -0.2) is 0 Å². The summed E-state index contributed by atoms with van der Waals surface area (Å²) in [5.74, 6) is 1.24. The first-order valence-corrected chi connectivity index (χ1v) is 8.62. The van der Waals surface area contributed by atoms with Crippen molar-refractivity contribution in [2.75, 3.05) is 13.7 Å². The molecule has 1 fully saturated rings. The standard InChI is InChI=1S/C21H21NO3/c1-14-17-9-3-4-11-19(17)25-20(14)21(23)22-12-6-10-18(22)15-7-5-8-16(13-15)24-2/h3-5,7-9,11,13,18H,6,10,12H2,1-2H3. The highest BCUT2D eigenvalue weighted by Gasteiger charge is 2.33. The van der Waals surface area contributed by atoms with Gasteiger partial charge in [0.05, 0.1) is 13.2 Å². The molecule has 1 aliphatic heterocycles. The molecule has 0 radical (unpaired) electrons. The second-order valence-corrected chi connectivity index (χ2v) is 6.49. The van der Waals surface area contributed by atoms with Crippen LogP contribution in [-0.4, -0.2) is 24.5 Å². The van der Waals surface area contributed by atoms with E-state index in [1.807, 2.05) is 54.3 Å². The summed E-state index contributed by atoms with van der Waals surface area (Å²) in [6, 6.07) is 15.8. The average molecular weight is 335 g/mol. The lowest BCUT2D eigenvalue weighted by Crippen LogP contribution is -2.30. The van der Waals surface area contributed by atoms with E-state index in [1.165, 1.54) is 0 Å². The normalized spacial score (nSPS) is 17.2. The molecule has 1 amide bonds. The van der Waals surface area contributed by atoms with Crippen LogP contribution in [0, 0.1) is 6.92 Å². The fraction of sp³-hybridized carbons (Fsp3) is 0.286. The van der Waals surface area contributed by atoms with Crippen molar-refractivity contribution < 1.29 is 13.9 Å². The maximum atomic E-state index is 13.2. The van der Waals surface area contributed by atoms with Crippen LogP contribution in [0.2, 0.25) is 0 Å². The van der Waals surface area contributed by atoms with E-state index < -0.39 is 0 Å². The number of carbonyl (C=O) groups is 1. The highest BCUT2D eigenvalue weighted by atomic mass is 16.5. The van der Waals surface area contributed by atoms with Crippen LogP contribution < -0.4 is 4.74 Å². The molecule has 4 rings (SSSR count). The number of fused-ring (bicyclic) bond motifs is 1. The number of likely N-dealkylation sites (tertiary alicyclic amines) is 1. The van der Waals surface area contributed by atoms with Gasteiger partial charge in [-0.3, -0.25) is 4.79 Å². The van der Waals surface area contributed by atoms with Crippen molar-refractivity contribution in [3.63, 3.8) is 0 Å². The number of aryl methyl sites for hydroxylation is 1. The summed E-state index contributed by atoms with van der Waals surface area (Å²) < 4.78 is 11.2. The van der Waals surface area contributed by atoms with Crippen molar-refractivity contribution in [1.82, 2.24) is 4.90 Å². The highest BCUT2D eigenvalue weighted by Crippen LogP contribution is 2.36. The zero-order chi connectivity index (χ0) is 17.4. The van der Waals surface area contributed by atoms with E-state index in [4.69, 9.17) is 9.15 Å². The Kier molecular flexibility index (Phi) is 3.96. The summed E-state index contributed by atoms with van der Waals surface area (Å²) in [4.78, 5) is 15.1. The van der Waals surface area contributed by atoms with E-state index in [0.29, 0.717) is 5.76 Å². The Bertz CT molecular complexity index is 928. The van der Waals surface area contributed by atoms with Crippen LogP contribution in [0.4, 0.5) is 0 Å². The van der Waals surface area contributed by atoms with Crippen molar-refractivity contribution in [2.45, 2.75) is 25.8 Å². The van der Waals surface area contributed by atoms with Crippen LogP contribution in [0.15, 0.2) is 52.9 Å². The number of carbonyl (C=O) groups excluding carboxylic acids is 1. The van der Waals surface area contributed by atoms with E-state index in [-0.39, 0.29) is 11.9 Å². The number of methoxy groups -OCH3 is 1. The van der Waals surface area contributed by atoms with Crippen molar-refractivity contribution in [1.29, 1.82) is 0 Å². The summed E-state index contributed by atoms with van der Waals surface area (Å²) in [6.45, 7) is 2.70. The van der Waals surface area contributed by atoms with Gasteiger partial charge in [0.25, 0.3) is 5.91 Å². The molecule has 1 aromatic heterocycles. The Morgan fingerprint density at radius 1 is 1.20 bits per heavy atom. The first-order valence-electron chi connectivity index (χ1n) is 8.62. The molecule has 0 N–H and O–H groups in total. The molecular formula is C21H21NO3. The van der Waals surface area contributed by atoms with Crippen molar-refractivity contribution in [3.05, 3.63) is 65.4 Å². The second kappa shape index (κ2) is 6.28. The van der Waals surface area contributed by atoms with E-state index >= 15 is 0 Å². The van der Waals surface area contributed by atoms with Crippen LogP contribution in [-0.2, 0) is 0 Å². The third-order valence-corrected chi connectivity index (χ3v) is 5.03. The second-order valence-electron chi connectivity index (χ2n) is 6.49. The molecule has 1 atom stereocenters. The molecule has 1 unspecified atom stereocenters. The van der Waals surface area contributed by atoms with Crippen molar-refractivity contribution in [3.8, 4) is 5.75 Å². The Hall–Kier alpha value is -2.75. The Balaban J connectivity index is 1.69. The number of ether oxygens (including phenoxy) is 1. The lowest BCUT2D eigenvalue weighted by molar-refractivity contribution is 0.0704. The average Bonchev–Trinajstić information content (AvgIpc) is 3.27. The number of furan rings is 1. The molecule has 25 heavy (non-hydrogen) atoms. The van der Waals surface area contributed by atoms with Gasteiger partial charge in [0.2, 0.25) is 0 Å². The topological polar surface area (TPSA) is 42.7 Å². The van der Waals surface area contributed by atoms with Crippen molar-refractivity contribution >= 4 is 16.9 Å². The molecule has 0 spiro atoms. The number of nitrogens with zero attached hydrogens (tertiary/aromatic N) is 1. The van der Waals surface area contributed by atoms with Gasteiger partial charge in [-0.05, 0) is 43.5 Å². The number of rotatable bonds is 3. The molecule has 0 bridgehead atoms. The summed E-state index contributed by atoms with van der Waals surface area (Å²) in [5.41, 5.74) is 2.79. The Labute approximate surface area is 147 Å². The third-order valence-electron chi connectivity index (χ3n) is 5.03. The Morgan fingerprint density at radius 2 is 2.04 bits per heavy atom. The molecule has 2 heterocycles. The lowest BCUT2D eigenvalue weighted by atomic mass is 10.0. The molecule has 1 aliphatic rings. The molecule has 0 aliphatic carbocycles. The molecule has 128 valence electrons. The van der Waals surface area contributed by atoms with Crippen molar-refractivity contribution in [2.24, 2.45) is 0 Å². The van der Waals surface area contributed by atoms with Crippen LogP contribution in [0.1, 0.15) is 40.6 Å². The first kappa shape index (κ1) is 15.8. The molecule has 4 heteroatoms. The van der Waals surface area contributed by atoms with Gasteiger partial charge in [0.15, 0.2) is 5.76 Å². The monoisotopic (exact) mass is 335 g/mol. The van der Waals surface area contributed by atoms with Crippen LogP contribution in [0.5, 0.6) is 5.75 Å². The zero-order valence-corrected chi connectivity index (χ0v) is 14.5. The number of para-hydroxylation sites is 1. The number of benzene rings is 2. The maximum absolute atomic E-state index is 13.2. The van der Waals surface area contributed by atoms with Crippen LogP contribution >= 0.6 is 0 Å². The predicted octanol–water partition coefficient (Wildman–Crippen LogP) is 4.73. The lowest BCUT2D eigenvalue weighted by Gasteiger charge is -2.24. The fourth-order valence-electron chi connectivity index (χ4n) is 3.71. The summed E-state index contributed by atoms with van der Waals surface area (Å²) in [6.07, 6.45) is 1.95. The van der Waals surface area contributed by atoms with Gasteiger partial charge in [0, 0.05) is 17.5 Å². The first-order chi connectivity index (χ1) is 12.2. The third kappa shape index (κ3) is 2.68. The SMILES string of the molecule is COc1cccc(C2CCCN2C(=O)c2oc3ccccc3c2C)c1. The van der Waals surface area contributed by atoms with Gasteiger partial charge in [-0.2, -0.15) is 0 Å². The van der Waals surface area contributed by atoms with Crippen LogP contribution in [0.25, 0.3) is 11.0 Å². The van der Waals surface area contributed by atoms with Gasteiger partial charge in [-0.1, -0.05) is 30.3 Å². The van der Waals surface area contributed by atoms with E-state index in [2.05, 4.69) is 6.07 Å². The number of hydrogen-bond acceptors (Lipinski definition) is 3. The van der Waals surface area contributed by atoms with Gasteiger partial charge in [-0.15, -0.1) is 0 Å². The smallest absolute Gasteiger partial charge is 0.290 e. The molecule has 3 aromatic rings. The molecule has 0 saturated carbocycles. The number of amides is 1. The van der Waals surface area contributed by atoms with E-state index in [1.54, 1.807) is 7.11 Å². The fourth-order valence-corrected chi connectivity index (χ4v) is 3.71. The summed E-state index contributed by atoms with van der Waals surface area (Å²) in [7, 11) is 1.66. The molecule has 2 aromatic carbocycles. The van der Waals surface area contributed by atoms with Gasteiger partial charge < -0.3 is 14.1 Å². The van der Waals surface area contributed by atoms with E-state index in [9.17, 15) is 4.79 Å². The van der Waals surface area contributed by atoms with E-state index in [0.717, 1.165) is 47.2 Å². The highest BCUT2D eigenvalue weighted by molar-refractivity contribution is 5.99. The summed E-state index contributed by atoms with van der Waals surface area (Å²) in [5, 5.41) is 1.00. The molecule has 4 nitrogen and oxygen atoms in total. The zero-order valence-electron chi connectivity index (χ0n) is 14.5. The maximum Gasteiger partial charge on any atom is 0.290 e. The van der Waals surface area contributed by atoms with Crippen LogP contribution in [0.3, 0.4) is 0 Å². The van der Waals surface area contributed by atoms with Gasteiger partial charge in [0.1, 0.15) is 11.3 Å². The molecule has 1 saturated heterocycles. The minimum Gasteiger partial charge on any atom is -0.497 e. The minimum absolute atomic E-state index is 0.0287. The molecular weight excluding hydrogens is 314 g/mol. The largest absolute Gasteiger partial charge is 0.497 e. The quantitative estimate of drug-likeness (QED) is 0.695. The predicted molar refractivity (Wildman–Crippen MR) is 97.0 cm³/mol.